The first-order valence-corrected chi connectivity index (χ1v) is 9.46. The van der Waals surface area contributed by atoms with Crippen molar-refractivity contribution < 1.29 is 14.0 Å². The van der Waals surface area contributed by atoms with Crippen molar-refractivity contribution in [1.29, 1.82) is 0 Å². The van der Waals surface area contributed by atoms with Crippen molar-refractivity contribution in [2.45, 2.75) is 19.4 Å². The number of nitrogens with one attached hydrogen (secondary N) is 1. The van der Waals surface area contributed by atoms with E-state index in [0.29, 0.717) is 48.1 Å². The van der Waals surface area contributed by atoms with Gasteiger partial charge < -0.3 is 10.2 Å². The van der Waals surface area contributed by atoms with Crippen molar-refractivity contribution in [2.75, 3.05) is 13.1 Å². The van der Waals surface area contributed by atoms with E-state index in [1.807, 2.05) is 0 Å². The summed E-state index contributed by atoms with van der Waals surface area (Å²) in [6.07, 6.45) is 1.18. The molecular weight excluding hydrogens is 390 g/mol. The average Bonchev–Trinajstić information content (AvgIpc) is 2.67. The highest BCUT2D eigenvalue weighted by molar-refractivity contribution is 6.35. The maximum absolute atomic E-state index is 13.0. The summed E-state index contributed by atoms with van der Waals surface area (Å²) in [4.78, 5) is 26.5. The van der Waals surface area contributed by atoms with Gasteiger partial charge in [-0.3, -0.25) is 4.79 Å². The van der Waals surface area contributed by atoms with Crippen LogP contribution in [0.1, 0.15) is 28.8 Å². The molecule has 1 N–H and O–H groups in total. The number of hydrogen-bond donors (Lipinski definition) is 1. The van der Waals surface area contributed by atoms with Gasteiger partial charge in [-0.25, -0.2) is 9.18 Å². The van der Waals surface area contributed by atoms with E-state index in [-0.39, 0.29) is 23.5 Å². The maximum Gasteiger partial charge on any atom is 0.317 e. The molecule has 7 heteroatoms. The third-order valence-electron chi connectivity index (χ3n) is 4.73. The fourth-order valence-corrected chi connectivity index (χ4v) is 3.62. The van der Waals surface area contributed by atoms with Gasteiger partial charge in [0.25, 0.3) is 0 Å². The molecule has 1 heterocycles. The number of ketones is 1. The Morgan fingerprint density at radius 2 is 1.74 bits per heavy atom. The normalized spacial score (nSPS) is 14.9. The minimum atomic E-state index is -0.362. The highest BCUT2D eigenvalue weighted by atomic mass is 35.5. The molecule has 0 atom stereocenters. The lowest BCUT2D eigenvalue weighted by atomic mass is 9.89. The Labute approximate surface area is 167 Å². The summed E-state index contributed by atoms with van der Waals surface area (Å²) in [5.41, 5.74) is 1.30. The zero-order valence-electron chi connectivity index (χ0n) is 14.6. The fourth-order valence-electron chi connectivity index (χ4n) is 3.14. The molecule has 1 fully saturated rings. The quantitative estimate of drug-likeness (QED) is 0.728. The summed E-state index contributed by atoms with van der Waals surface area (Å²) >= 11 is 12.0. The van der Waals surface area contributed by atoms with Crippen LogP contribution in [0.2, 0.25) is 10.0 Å². The van der Waals surface area contributed by atoms with Gasteiger partial charge in [-0.1, -0.05) is 29.3 Å². The molecule has 0 radical (unpaired) electrons. The number of rotatable bonds is 4. The smallest absolute Gasteiger partial charge is 0.317 e. The fraction of sp³-hybridized carbons (Fsp3) is 0.300. The molecule has 2 amide bonds. The molecule has 0 aliphatic carbocycles. The van der Waals surface area contributed by atoms with E-state index < -0.39 is 0 Å². The van der Waals surface area contributed by atoms with Crippen molar-refractivity contribution in [3.05, 3.63) is 69.5 Å². The number of hydrogen-bond acceptors (Lipinski definition) is 2. The number of benzene rings is 2. The molecule has 1 aliphatic rings. The molecule has 1 aliphatic heterocycles. The maximum atomic E-state index is 13.0. The highest BCUT2D eigenvalue weighted by Gasteiger charge is 2.27. The molecule has 0 bridgehead atoms. The van der Waals surface area contributed by atoms with E-state index in [1.54, 1.807) is 23.1 Å². The van der Waals surface area contributed by atoms with Crippen LogP contribution in [0.3, 0.4) is 0 Å². The molecule has 0 saturated carbocycles. The number of piperidine rings is 1. The van der Waals surface area contributed by atoms with Crippen LogP contribution in [0.25, 0.3) is 0 Å². The third kappa shape index (κ3) is 4.99. The van der Waals surface area contributed by atoms with Crippen LogP contribution in [0, 0.1) is 11.7 Å². The van der Waals surface area contributed by atoms with E-state index in [1.165, 1.54) is 24.3 Å². The minimum absolute atomic E-state index is 0.00278. The summed E-state index contributed by atoms with van der Waals surface area (Å²) in [5, 5.41) is 3.89. The lowest BCUT2D eigenvalue weighted by Gasteiger charge is -2.31. The summed E-state index contributed by atoms with van der Waals surface area (Å²) < 4.78 is 13.0. The van der Waals surface area contributed by atoms with Crippen molar-refractivity contribution in [1.82, 2.24) is 10.2 Å². The van der Waals surface area contributed by atoms with Crippen molar-refractivity contribution >= 4 is 35.0 Å². The van der Waals surface area contributed by atoms with Crippen LogP contribution in [0.15, 0.2) is 42.5 Å². The van der Waals surface area contributed by atoms with Gasteiger partial charge in [0.15, 0.2) is 5.78 Å². The van der Waals surface area contributed by atoms with Gasteiger partial charge in [0.05, 0.1) is 0 Å². The summed E-state index contributed by atoms with van der Waals surface area (Å²) in [5.74, 6) is -0.507. The van der Waals surface area contributed by atoms with E-state index in [4.69, 9.17) is 23.2 Å². The second-order valence-corrected chi connectivity index (χ2v) is 7.37. The molecule has 0 unspecified atom stereocenters. The number of halogens is 3. The Kier molecular flexibility index (Phi) is 6.34. The zero-order chi connectivity index (χ0) is 19.4. The van der Waals surface area contributed by atoms with Gasteiger partial charge >= 0.3 is 6.03 Å². The van der Waals surface area contributed by atoms with E-state index in [0.717, 1.165) is 5.56 Å². The second kappa shape index (κ2) is 8.72. The van der Waals surface area contributed by atoms with Crippen molar-refractivity contribution in [3.8, 4) is 0 Å². The topological polar surface area (TPSA) is 49.4 Å². The largest absolute Gasteiger partial charge is 0.334 e. The van der Waals surface area contributed by atoms with Gasteiger partial charge in [0.1, 0.15) is 5.82 Å². The van der Waals surface area contributed by atoms with Crippen LogP contribution >= 0.6 is 23.2 Å². The Bertz CT molecular complexity index is 834. The number of Topliss-reactive ketones (excluding diaryl/α,β-unsaturated/α-hetero) is 1. The van der Waals surface area contributed by atoms with E-state index >= 15 is 0 Å². The van der Waals surface area contributed by atoms with Gasteiger partial charge in [0.2, 0.25) is 0 Å². The van der Waals surface area contributed by atoms with Gasteiger partial charge in [-0.2, -0.15) is 0 Å². The van der Waals surface area contributed by atoms with E-state index in [2.05, 4.69) is 5.32 Å². The molecule has 4 nitrogen and oxygen atoms in total. The molecule has 2 aromatic carbocycles. The molecule has 1 saturated heterocycles. The van der Waals surface area contributed by atoms with Gasteiger partial charge in [-0.15, -0.1) is 0 Å². The standard InChI is InChI=1S/C20H19Cl2FN2O2/c21-16-4-1-15(18(22)11-16)12-24-20(27)25-9-7-14(8-10-25)19(26)13-2-5-17(23)6-3-13/h1-6,11,14H,7-10,12H2,(H,24,27). The molecule has 0 spiro atoms. The van der Waals surface area contributed by atoms with Crippen molar-refractivity contribution in [2.24, 2.45) is 5.92 Å². The Balaban J connectivity index is 1.50. The molecule has 3 rings (SSSR count). The number of amides is 2. The Morgan fingerprint density at radius 3 is 2.37 bits per heavy atom. The molecule has 0 aromatic heterocycles. The summed E-state index contributed by atoms with van der Waals surface area (Å²) in [7, 11) is 0. The summed E-state index contributed by atoms with van der Waals surface area (Å²) in [6.45, 7) is 1.30. The van der Waals surface area contributed by atoms with Crippen LogP contribution in [-0.4, -0.2) is 29.8 Å². The lowest BCUT2D eigenvalue weighted by Crippen LogP contribution is -2.45. The predicted octanol–water partition coefficient (Wildman–Crippen LogP) is 4.94. The first kappa shape index (κ1) is 19.6. The highest BCUT2D eigenvalue weighted by Crippen LogP contribution is 2.23. The van der Waals surface area contributed by atoms with Crippen LogP contribution in [0.5, 0.6) is 0 Å². The van der Waals surface area contributed by atoms with Crippen LogP contribution in [-0.2, 0) is 6.54 Å². The minimum Gasteiger partial charge on any atom is -0.334 e. The third-order valence-corrected chi connectivity index (χ3v) is 5.31. The monoisotopic (exact) mass is 408 g/mol. The first-order valence-electron chi connectivity index (χ1n) is 8.70. The number of likely N-dealkylation sites (tertiary alicyclic amines) is 1. The summed E-state index contributed by atoms with van der Waals surface area (Å²) in [6, 6.07) is 10.5. The zero-order valence-corrected chi connectivity index (χ0v) is 16.1. The number of carbonyl (C=O) groups excluding carboxylic acids is 2. The number of urea groups is 1. The number of nitrogens with zero attached hydrogens (tertiary/aromatic N) is 1. The van der Waals surface area contributed by atoms with Gasteiger partial charge in [-0.05, 0) is 54.8 Å². The van der Waals surface area contributed by atoms with Gasteiger partial charge in [0, 0.05) is 41.2 Å². The first-order chi connectivity index (χ1) is 12.9. The average molecular weight is 409 g/mol. The molecule has 27 heavy (non-hydrogen) atoms. The second-order valence-electron chi connectivity index (χ2n) is 6.53. The Hall–Kier alpha value is -2.11. The lowest BCUT2D eigenvalue weighted by molar-refractivity contribution is 0.0854. The molecular formula is C20H19Cl2FN2O2. The van der Waals surface area contributed by atoms with Crippen LogP contribution in [0.4, 0.5) is 9.18 Å². The number of carbonyl (C=O) groups is 2. The SMILES string of the molecule is O=C(c1ccc(F)cc1)C1CCN(C(=O)NCc2ccc(Cl)cc2Cl)CC1. The van der Waals surface area contributed by atoms with Crippen molar-refractivity contribution in [3.63, 3.8) is 0 Å². The molecule has 142 valence electrons. The molecule has 2 aromatic rings. The van der Waals surface area contributed by atoms with Crippen LogP contribution < -0.4 is 5.32 Å². The van der Waals surface area contributed by atoms with E-state index in [9.17, 15) is 14.0 Å². The Morgan fingerprint density at radius 1 is 1.07 bits per heavy atom. The predicted molar refractivity (Wildman–Crippen MR) is 104 cm³/mol.